The van der Waals surface area contributed by atoms with Gasteiger partial charge in [0, 0.05) is 12.4 Å². The van der Waals surface area contributed by atoms with Crippen molar-refractivity contribution in [3.63, 3.8) is 0 Å². The van der Waals surface area contributed by atoms with Gasteiger partial charge in [-0.15, -0.1) is 11.6 Å². The Hall–Kier alpha value is -2.26. The average molecular weight is 316 g/mol. The minimum absolute atomic E-state index is 0.269. The highest BCUT2D eigenvalue weighted by Crippen LogP contribution is 2.12. The van der Waals surface area contributed by atoms with Gasteiger partial charge in [-0.25, -0.2) is 4.79 Å². The van der Waals surface area contributed by atoms with Crippen LogP contribution in [0.2, 0.25) is 0 Å². The first-order chi connectivity index (χ1) is 10.8. The summed E-state index contributed by atoms with van der Waals surface area (Å²) in [5.74, 6) is 0.465. The van der Waals surface area contributed by atoms with Crippen LogP contribution in [0.3, 0.4) is 0 Å². The highest BCUT2D eigenvalue weighted by molar-refractivity contribution is 6.17. The molecule has 0 aliphatic heterocycles. The molecule has 0 aliphatic carbocycles. The van der Waals surface area contributed by atoms with E-state index in [0.29, 0.717) is 12.4 Å². The Morgan fingerprint density at radius 2 is 1.82 bits per heavy atom. The number of rotatable bonds is 6. The van der Waals surface area contributed by atoms with Crippen LogP contribution in [0.1, 0.15) is 16.7 Å². The molecule has 0 saturated carbocycles. The van der Waals surface area contributed by atoms with Gasteiger partial charge in [0.25, 0.3) is 0 Å². The van der Waals surface area contributed by atoms with Gasteiger partial charge in [-0.05, 0) is 16.7 Å². The van der Waals surface area contributed by atoms with Crippen molar-refractivity contribution in [1.82, 2.24) is 5.32 Å². The van der Waals surface area contributed by atoms with E-state index in [0.717, 1.165) is 16.7 Å². The molecule has 3 nitrogen and oxygen atoms in total. The minimum atomic E-state index is -0.431. The van der Waals surface area contributed by atoms with Crippen LogP contribution in [-0.4, -0.2) is 12.6 Å². The molecule has 0 aromatic heterocycles. The van der Waals surface area contributed by atoms with E-state index in [-0.39, 0.29) is 6.61 Å². The number of ether oxygens (including phenoxy) is 1. The molecule has 0 aliphatic rings. The first kappa shape index (κ1) is 16.1. The Kier molecular flexibility index (Phi) is 6.52. The molecule has 0 unspecified atom stereocenters. The summed E-state index contributed by atoms with van der Waals surface area (Å²) in [5, 5.41) is 2.68. The van der Waals surface area contributed by atoms with Crippen LogP contribution in [0.5, 0.6) is 0 Å². The number of amides is 1. The summed E-state index contributed by atoms with van der Waals surface area (Å²) < 4.78 is 5.12. The molecular weight excluding hydrogens is 298 g/mol. The first-order valence-corrected chi connectivity index (χ1v) is 7.58. The number of carbonyl (C=O) groups is 1. The van der Waals surface area contributed by atoms with Crippen molar-refractivity contribution in [3.05, 3.63) is 77.4 Å². The maximum Gasteiger partial charge on any atom is 0.407 e. The number of carbonyl (C=O) groups excluding carboxylic acids is 1. The summed E-state index contributed by atoms with van der Waals surface area (Å²) in [6.07, 6.45) is 3.38. The second-order valence-corrected chi connectivity index (χ2v) is 4.94. The van der Waals surface area contributed by atoms with Crippen molar-refractivity contribution in [2.45, 2.75) is 12.5 Å². The monoisotopic (exact) mass is 315 g/mol. The van der Waals surface area contributed by atoms with E-state index in [4.69, 9.17) is 16.3 Å². The molecule has 0 bridgehead atoms. The maximum absolute atomic E-state index is 11.6. The van der Waals surface area contributed by atoms with E-state index in [1.165, 1.54) is 0 Å². The van der Waals surface area contributed by atoms with Gasteiger partial charge in [-0.1, -0.05) is 66.7 Å². The van der Waals surface area contributed by atoms with Crippen molar-refractivity contribution in [1.29, 1.82) is 0 Å². The number of halogens is 1. The van der Waals surface area contributed by atoms with Gasteiger partial charge in [0.1, 0.15) is 6.61 Å². The fraction of sp³-hybridized carbons (Fsp3) is 0.167. The zero-order valence-corrected chi connectivity index (χ0v) is 12.9. The number of nitrogens with one attached hydrogen (secondary N) is 1. The third-order valence-corrected chi connectivity index (χ3v) is 3.36. The Morgan fingerprint density at radius 1 is 1.09 bits per heavy atom. The summed E-state index contributed by atoms with van der Waals surface area (Å²) in [6, 6.07) is 17.4. The van der Waals surface area contributed by atoms with E-state index in [9.17, 15) is 4.79 Å². The predicted octanol–water partition coefficient (Wildman–Crippen LogP) is 4.37. The van der Waals surface area contributed by atoms with E-state index in [1.807, 2.05) is 66.7 Å². The quantitative estimate of drug-likeness (QED) is 0.804. The molecule has 0 radical (unpaired) electrons. The van der Waals surface area contributed by atoms with Crippen molar-refractivity contribution < 1.29 is 9.53 Å². The third kappa shape index (κ3) is 5.26. The molecule has 114 valence electrons. The van der Waals surface area contributed by atoms with Crippen molar-refractivity contribution in [2.24, 2.45) is 0 Å². The molecule has 1 N–H and O–H groups in total. The first-order valence-electron chi connectivity index (χ1n) is 7.04. The molecule has 2 rings (SSSR count). The highest BCUT2D eigenvalue weighted by Gasteiger charge is 2.00. The standard InChI is InChI=1S/C18H18ClNO2/c19-13-17-10-5-4-9-16(17)11-6-12-20-18(21)22-14-15-7-2-1-3-8-15/h1-11H,12-14H2,(H,20,21). The van der Waals surface area contributed by atoms with Gasteiger partial charge in [0.05, 0.1) is 0 Å². The van der Waals surface area contributed by atoms with Crippen LogP contribution in [-0.2, 0) is 17.2 Å². The highest BCUT2D eigenvalue weighted by atomic mass is 35.5. The molecule has 0 fully saturated rings. The van der Waals surface area contributed by atoms with Gasteiger partial charge in [-0.3, -0.25) is 0 Å². The van der Waals surface area contributed by atoms with E-state index in [1.54, 1.807) is 0 Å². The van der Waals surface area contributed by atoms with E-state index >= 15 is 0 Å². The van der Waals surface area contributed by atoms with Gasteiger partial charge in [0.2, 0.25) is 0 Å². The Morgan fingerprint density at radius 3 is 2.59 bits per heavy atom. The number of hydrogen-bond donors (Lipinski definition) is 1. The van der Waals surface area contributed by atoms with Crippen molar-refractivity contribution >= 4 is 23.8 Å². The largest absolute Gasteiger partial charge is 0.445 e. The molecule has 0 atom stereocenters. The van der Waals surface area contributed by atoms with Crippen LogP contribution in [0.4, 0.5) is 4.79 Å². The lowest BCUT2D eigenvalue weighted by Crippen LogP contribution is -2.24. The number of hydrogen-bond acceptors (Lipinski definition) is 2. The summed E-state index contributed by atoms with van der Waals surface area (Å²) in [6.45, 7) is 0.676. The molecule has 2 aromatic carbocycles. The molecule has 1 amide bonds. The van der Waals surface area contributed by atoms with E-state index in [2.05, 4.69) is 5.32 Å². The zero-order chi connectivity index (χ0) is 15.6. The second-order valence-electron chi connectivity index (χ2n) is 4.68. The lowest BCUT2D eigenvalue weighted by molar-refractivity contribution is 0.141. The minimum Gasteiger partial charge on any atom is -0.445 e. The Balaban J connectivity index is 1.73. The number of benzene rings is 2. The summed E-state index contributed by atoms with van der Waals surface area (Å²) >= 11 is 5.87. The van der Waals surface area contributed by atoms with Crippen LogP contribution < -0.4 is 5.32 Å². The molecule has 0 saturated heterocycles. The zero-order valence-electron chi connectivity index (χ0n) is 12.2. The normalized spacial score (nSPS) is 10.6. The lowest BCUT2D eigenvalue weighted by Gasteiger charge is -2.05. The maximum atomic E-state index is 11.6. The SMILES string of the molecule is O=C(NCC=Cc1ccccc1CCl)OCc1ccccc1. The van der Waals surface area contributed by atoms with Gasteiger partial charge in [0.15, 0.2) is 0 Å². The molecule has 0 heterocycles. The summed E-state index contributed by atoms with van der Waals surface area (Å²) in [4.78, 5) is 11.6. The number of alkyl halides is 1. The van der Waals surface area contributed by atoms with Crippen LogP contribution in [0, 0.1) is 0 Å². The fourth-order valence-electron chi connectivity index (χ4n) is 1.92. The molecule has 0 spiro atoms. The Bertz CT molecular complexity index is 626. The Labute approximate surface area is 135 Å². The lowest BCUT2D eigenvalue weighted by atomic mass is 10.1. The van der Waals surface area contributed by atoms with Crippen molar-refractivity contribution in [3.8, 4) is 0 Å². The molecule has 2 aromatic rings. The third-order valence-electron chi connectivity index (χ3n) is 3.07. The number of alkyl carbamates (subject to hydrolysis) is 1. The predicted molar refractivity (Wildman–Crippen MR) is 89.7 cm³/mol. The van der Waals surface area contributed by atoms with Crippen LogP contribution in [0.15, 0.2) is 60.7 Å². The second kappa shape index (κ2) is 8.90. The average Bonchev–Trinajstić information content (AvgIpc) is 2.58. The summed E-state index contributed by atoms with van der Waals surface area (Å²) in [5.41, 5.74) is 3.08. The van der Waals surface area contributed by atoms with Crippen molar-refractivity contribution in [2.75, 3.05) is 6.54 Å². The molecule has 22 heavy (non-hydrogen) atoms. The topological polar surface area (TPSA) is 38.3 Å². The summed E-state index contributed by atoms with van der Waals surface area (Å²) in [7, 11) is 0. The molecule has 4 heteroatoms. The fourth-order valence-corrected chi connectivity index (χ4v) is 2.16. The van der Waals surface area contributed by atoms with Gasteiger partial charge < -0.3 is 10.1 Å². The van der Waals surface area contributed by atoms with E-state index < -0.39 is 6.09 Å². The van der Waals surface area contributed by atoms with Gasteiger partial charge in [-0.2, -0.15) is 0 Å². The smallest absolute Gasteiger partial charge is 0.407 e. The molecular formula is C18H18ClNO2. The van der Waals surface area contributed by atoms with Crippen LogP contribution in [0.25, 0.3) is 6.08 Å². The van der Waals surface area contributed by atoms with Gasteiger partial charge >= 0.3 is 6.09 Å². The van der Waals surface area contributed by atoms with Crippen LogP contribution >= 0.6 is 11.6 Å².